The number of rotatable bonds is 4. The highest BCUT2D eigenvalue weighted by molar-refractivity contribution is 7.13. The van der Waals surface area contributed by atoms with Gasteiger partial charge in [-0.1, -0.05) is 30.3 Å². The summed E-state index contributed by atoms with van der Waals surface area (Å²) >= 11 is 1.68. The Kier molecular flexibility index (Phi) is 5.50. The van der Waals surface area contributed by atoms with Crippen LogP contribution in [-0.2, 0) is 16.1 Å². The van der Waals surface area contributed by atoms with Gasteiger partial charge in [0.15, 0.2) is 0 Å². The molecule has 142 valence electrons. The zero-order chi connectivity index (χ0) is 18.6. The van der Waals surface area contributed by atoms with E-state index in [0.29, 0.717) is 19.4 Å². The van der Waals surface area contributed by atoms with Gasteiger partial charge in [-0.2, -0.15) is 0 Å². The number of nitrogens with one attached hydrogen (secondary N) is 1. The number of benzene rings is 1. The van der Waals surface area contributed by atoms with Crippen LogP contribution in [0.15, 0.2) is 35.7 Å². The number of amides is 2. The summed E-state index contributed by atoms with van der Waals surface area (Å²) in [4.78, 5) is 33.0. The van der Waals surface area contributed by atoms with Crippen molar-refractivity contribution in [3.63, 3.8) is 0 Å². The molecule has 2 aliphatic rings. The Labute approximate surface area is 163 Å². The fourth-order valence-corrected chi connectivity index (χ4v) is 4.47. The second kappa shape index (κ2) is 8.19. The summed E-state index contributed by atoms with van der Waals surface area (Å²) in [7, 11) is 0. The SMILES string of the molecule is O=C1CCC(C(=O)N2CCN(Cc3csc(-c4ccccc4)n3)CC2)CN1. The van der Waals surface area contributed by atoms with Gasteiger partial charge in [-0.05, 0) is 6.42 Å². The lowest BCUT2D eigenvalue weighted by Crippen LogP contribution is -2.52. The van der Waals surface area contributed by atoms with Crippen LogP contribution in [0.25, 0.3) is 10.6 Å². The molecule has 0 bridgehead atoms. The number of carbonyl (C=O) groups excluding carboxylic acids is 2. The van der Waals surface area contributed by atoms with Gasteiger partial charge >= 0.3 is 0 Å². The molecule has 7 heteroatoms. The monoisotopic (exact) mass is 384 g/mol. The Morgan fingerprint density at radius 3 is 2.67 bits per heavy atom. The molecular weight excluding hydrogens is 360 g/mol. The van der Waals surface area contributed by atoms with Crippen LogP contribution in [0.1, 0.15) is 18.5 Å². The van der Waals surface area contributed by atoms with Gasteiger partial charge in [0.2, 0.25) is 11.8 Å². The minimum Gasteiger partial charge on any atom is -0.355 e. The van der Waals surface area contributed by atoms with Crippen LogP contribution in [0.4, 0.5) is 0 Å². The second-order valence-electron chi connectivity index (χ2n) is 7.15. The first-order valence-electron chi connectivity index (χ1n) is 9.47. The maximum absolute atomic E-state index is 12.6. The number of thiazole rings is 1. The zero-order valence-electron chi connectivity index (χ0n) is 15.3. The molecule has 1 aromatic heterocycles. The van der Waals surface area contributed by atoms with E-state index in [0.717, 1.165) is 49.0 Å². The van der Waals surface area contributed by atoms with E-state index in [1.165, 1.54) is 0 Å². The van der Waals surface area contributed by atoms with Crippen molar-refractivity contribution in [3.8, 4) is 10.6 Å². The first-order chi connectivity index (χ1) is 13.2. The molecule has 6 nitrogen and oxygen atoms in total. The average Bonchev–Trinajstić information content (AvgIpc) is 3.18. The van der Waals surface area contributed by atoms with Gasteiger partial charge in [-0.15, -0.1) is 11.3 Å². The van der Waals surface area contributed by atoms with E-state index >= 15 is 0 Å². The topological polar surface area (TPSA) is 65.5 Å². The van der Waals surface area contributed by atoms with Crippen molar-refractivity contribution < 1.29 is 9.59 Å². The smallest absolute Gasteiger partial charge is 0.227 e. The highest BCUT2D eigenvalue weighted by Crippen LogP contribution is 2.24. The van der Waals surface area contributed by atoms with E-state index in [1.807, 2.05) is 23.1 Å². The lowest BCUT2D eigenvalue weighted by molar-refractivity contribution is -0.139. The van der Waals surface area contributed by atoms with E-state index in [4.69, 9.17) is 4.98 Å². The number of piperidine rings is 1. The summed E-state index contributed by atoms with van der Waals surface area (Å²) in [5.74, 6) is 0.192. The van der Waals surface area contributed by atoms with Gasteiger partial charge in [0.05, 0.1) is 11.6 Å². The molecule has 4 rings (SSSR count). The third-order valence-corrected chi connectivity index (χ3v) is 6.20. The number of hydrogen-bond acceptors (Lipinski definition) is 5. The molecular formula is C20H24N4O2S. The van der Waals surface area contributed by atoms with Gasteiger partial charge in [0.25, 0.3) is 0 Å². The van der Waals surface area contributed by atoms with Crippen molar-refractivity contribution >= 4 is 23.2 Å². The van der Waals surface area contributed by atoms with Crippen molar-refractivity contribution in [3.05, 3.63) is 41.4 Å². The quantitative estimate of drug-likeness (QED) is 0.875. The normalized spacial score (nSPS) is 21.1. The Bertz CT molecular complexity index is 789. The van der Waals surface area contributed by atoms with E-state index in [9.17, 15) is 9.59 Å². The molecule has 0 spiro atoms. The van der Waals surface area contributed by atoms with E-state index < -0.39 is 0 Å². The number of nitrogens with zero attached hydrogens (tertiary/aromatic N) is 3. The molecule has 0 aliphatic carbocycles. The summed E-state index contributed by atoms with van der Waals surface area (Å²) < 4.78 is 0. The first kappa shape index (κ1) is 18.1. The molecule has 2 fully saturated rings. The molecule has 2 aromatic rings. The van der Waals surface area contributed by atoms with E-state index in [2.05, 4.69) is 27.7 Å². The predicted molar refractivity (Wildman–Crippen MR) is 105 cm³/mol. The standard InChI is InChI=1S/C20H24N4O2S/c25-18-7-6-16(12-21-18)20(26)24-10-8-23(9-11-24)13-17-14-27-19(22-17)15-4-2-1-3-5-15/h1-5,14,16H,6-13H2,(H,21,25). The molecule has 2 saturated heterocycles. The largest absolute Gasteiger partial charge is 0.355 e. The summed E-state index contributed by atoms with van der Waals surface area (Å²) in [5, 5.41) is 5.99. The second-order valence-corrected chi connectivity index (χ2v) is 8.01. The van der Waals surface area contributed by atoms with Crippen molar-refractivity contribution in [1.29, 1.82) is 0 Å². The van der Waals surface area contributed by atoms with Crippen molar-refractivity contribution in [2.45, 2.75) is 19.4 Å². The van der Waals surface area contributed by atoms with Crippen LogP contribution >= 0.6 is 11.3 Å². The first-order valence-corrected chi connectivity index (χ1v) is 10.3. The van der Waals surface area contributed by atoms with Crippen LogP contribution < -0.4 is 5.32 Å². The zero-order valence-corrected chi connectivity index (χ0v) is 16.1. The Hall–Kier alpha value is -2.25. The van der Waals surface area contributed by atoms with Crippen LogP contribution in [-0.4, -0.2) is 59.3 Å². The van der Waals surface area contributed by atoms with Crippen LogP contribution in [0.5, 0.6) is 0 Å². The Balaban J connectivity index is 1.28. The fraction of sp³-hybridized carbons (Fsp3) is 0.450. The van der Waals surface area contributed by atoms with E-state index in [-0.39, 0.29) is 17.7 Å². The van der Waals surface area contributed by atoms with Gasteiger partial charge in [0, 0.05) is 56.6 Å². The van der Waals surface area contributed by atoms with Gasteiger partial charge in [-0.3, -0.25) is 14.5 Å². The highest BCUT2D eigenvalue weighted by atomic mass is 32.1. The molecule has 0 saturated carbocycles. The van der Waals surface area contributed by atoms with Gasteiger partial charge in [0.1, 0.15) is 5.01 Å². The fourth-order valence-electron chi connectivity index (χ4n) is 3.65. The third kappa shape index (κ3) is 4.36. The van der Waals surface area contributed by atoms with Crippen LogP contribution in [0.3, 0.4) is 0 Å². The number of carbonyl (C=O) groups is 2. The average molecular weight is 385 g/mol. The molecule has 1 aromatic carbocycles. The van der Waals surface area contributed by atoms with Crippen molar-refractivity contribution in [2.24, 2.45) is 5.92 Å². The Morgan fingerprint density at radius 2 is 1.96 bits per heavy atom. The molecule has 2 aliphatic heterocycles. The maximum Gasteiger partial charge on any atom is 0.227 e. The predicted octanol–water partition coefficient (Wildman–Crippen LogP) is 1.98. The molecule has 3 heterocycles. The lowest BCUT2D eigenvalue weighted by atomic mass is 9.97. The van der Waals surface area contributed by atoms with Crippen LogP contribution in [0, 0.1) is 5.92 Å². The number of piperazine rings is 1. The molecule has 1 N–H and O–H groups in total. The lowest BCUT2D eigenvalue weighted by Gasteiger charge is -2.36. The number of hydrogen-bond donors (Lipinski definition) is 1. The summed E-state index contributed by atoms with van der Waals surface area (Å²) in [6, 6.07) is 10.2. The number of aromatic nitrogens is 1. The molecule has 2 amide bonds. The highest BCUT2D eigenvalue weighted by Gasteiger charge is 2.30. The summed E-state index contributed by atoms with van der Waals surface area (Å²) in [6.07, 6.45) is 1.13. The summed E-state index contributed by atoms with van der Waals surface area (Å²) in [6.45, 7) is 4.54. The van der Waals surface area contributed by atoms with Crippen LogP contribution in [0.2, 0.25) is 0 Å². The molecule has 1 unspecified atom stereocenters. The van der Waals surface area contributed by atoms with Gasteiger partial charge < -0.3 is 10.2 Å². The van der Waals surface area contributed by atoms with Crippen molar-refractivity contribution in [1.82, 2.24) is 20.1 Å². The minimum atomic E-state index is -0.0544. The van der Waals surface area contributed by atoms with Gasteiger partial charge in [-0.25, -0.2) is 4.98 Å². The third-order valence-electron chi connectivity index (χ3n) is 5.26. The maximum atomic E-state index is 12.6. The van der Waals surface area contributed by atoms with Crippen molar-refractivity contribution in [2.75, 3.05) is 32.7 Å². The molecule has 1 atom stereocenters. The molecule has 0 radical (unpaired) electrons. The Morgan fingerprint density at radius 1 is 1.19 bits per heavy atom. The molecule has 27 heavy (non-hydrogen) atoms. The minimum absolute atomic E-state index is 0.0544. The van der Waals surface area contributed by atoms with E-state index in [1.54, 1.807) is 11.3 Å². The summed E-state index contributed by atoms with van der Waals surface area (Å²) in [5.41, 5.74) is 2.25.